The van der Waals surface area contributed by atoms with E-state index in [4.69, 9.17) is 9.72 Å². The largest absolute Gasteiger partial charge is 0.465 e. The Morgan fingerprint density at radius 1 is 1.18 bits per heavy atom. The molecule has 0 amide bonds. The number of aromatic nitrogens is 4. The van der Waals surface area contributed by atoms with Crippen molar-refractivity contribution in [3.8, 4) is 0 Å². The molecule has 2 aromatic rings. The second-order valence-electron chi connectivity index (χ2n) is 7.04. The molecule has 0 aromatic carbocycles. The summed E-state index contributed by atoms with van der Waals surface area (Å²) in [6.45, 7) is 3.95. The van der Waals surface area contributed by atoms with Gasteiger partial charge in [0.15, 0.2) is 5.65 Å². The van der Waals surface area contributed by atoms with E-state index in [2.05, 4.69) is 4.98 Å². The van der Waals surface area contributed by atoms with E-state index in [9.17, 15) is 14.4 Å². The van der Waals surface area contributed by atoms with Crippen molar-refractivity contribution in [1.82, 2.24) is 19.1 Å². The zero-order valence-electron chi connectivity index (χ0n) is 16.7. The van der Waals surface area contributed by atoms with Crippen LogP contribution in [0.5, 0.6) is 0 Å². The highest BCUT2D eigenvalue weighted by molar-refractivity contribution is 8.00. The Balaban J connectivity index is 2.22. The number of hydrogen-bond acceptors (Lipinski definition) is 7. The molecule has 0 N–H and O–H groups in total. The summed E-state index contributed by atoms with van der Waals surface area (Å²) in [6.07, 6.45) is 4.75. The van der Waals surface area contributed by atoms with Crippen LogP contribution in [0.1, 0.15) is 57.7 Å². The van der Waals surface area contributed by atoms with Gasteiger partial charge in [-0.3, -0.25) is 18.7 Å². The molecule has 0 radical (unpaired) electrons. The molecule has 0 saturated heterocycles. The third-order valence-electron chi connectivity index (χ3n) is 5.18. The minimum absolute atomic E-state index is 0.214. The Labute approximate surface area is 167 Å². The molecule has 2 heterocycles. The predicted molar refractivity (Wildman–Crippen MR) is 108 cm³/mol. The number of nitrogens with zero attached hydrogens (tertiary/aromatic N) is 4. The number of aryl methyl sites for hydroxylation is 1. The maximum absolute atomic E-state index is 12.9. The van der Waals surface area contributed by atoms with Gasteiger partial charge in [-0.05, 0) is 26.2 Å². The number of fused-ring (bicyclic) bond motifs is 1. The van der Waals surface area contributed by atoms with Gasteiger partial charge in [0, 0.05) is 20.0 Å². The second-order valence-corrected chi connectivity index (χ2v) is 8.23. The summed E-state index contributed by atoms with van der Waals surface area (Å²) in [6, 6.07) is 0. The van der Waals surface area contributed by atoms with Crippen LogP contribution in [-0.4, -0.2) is 36.9 Å². The van der Waals surface area contributed by atoms with Gasteiger partial charge < -0.3 is 4.74 Å². The summed E-state index contributed by atoms with van der Waals surface area (Å²) < 4.78 is 7.60. The van der Waals surface area contributed by atoms with Crippen molar-refractivity contribution in [3.05, 3.63) is 26.7 Å². The fourth-order valence-electron chi connectivity index (χ4n) is 3.56. The standard InChI is InChI=1S/C19H26N4O4S/c1-5-12(18(25)27-6-2)28-16-13-15(22(3)19(26)23(4)17(13)24)20-14(21-16)11-9-7-8-10-11/h11-12H,5-10H2,1-4H3/t12-/m1/s1. The molecule has 152 valence electrons. The van der Waals surface area contributed by atoms with Crippen LogP contribution in [0.25, 0.3) is 11.0 Å². The normalized spacial score (nSPS) is 15.9. The average molecular weight is 407 g/mol. The van der Waals surface area contributed by atoms with E-state index < -0.39 is 16.5 Å². The molecule has 8 nitrogen and oxygen atoms in total. The van der Waals surface area contributed by atoms with Gasteiger partial charge in [-0.15, -0.1) is 0 Å². The first-order valence-electron chi connectivity index (χ1n) is 9.69. The van der Waals surface area contributed by atoms with Gasteiger partial charge in [0.05, 0.1) is 6.61 Å². The van der Waals surface area contributed by atoms with Gasteiger partial charge in [-0.25, -0.2) is 14.8 Å². The van der Waals surface area contributed by atoms with Crippen LogP contribution in [0, 0.1) is 0 Å². The molecule has 1 atom stereocenters. The molecule has 0 spiro atoms. The van der Waals surface area contributed by atoms with Crippen molar-refractivity contribution < 1.29 is 9.53 Å². The smallest absolute Gasteiger partial charge is 0.332 e. The van der Waals surface area contributed by atoms with Crippen LogP contribution in [0.2, 0.25) is 0 Å². The minimum Gasteiger partial charge on any atom is -0.465 e. The number of thioether (sulfide) groups is 1. The first-order valence-corrected chi connectivity index (χ1v) is 10.6. The maximum atomic E-state index is 12.9. The number of esters is 1. The van der Waals surface area contributed by atoms with Crippen molar-refractivity contribution >= 4 is 28.8 Å². The van der Waals surface area contributed by atoms with Crippen LogP contribution < -0.4 is 11.2 Å². The highest BCUT2D eigenvalue weighted by Gasteiger charge is 2.27. The maximum Gasteiger partial charge on any atom is 0.332 e. The summed E-state index contributed by atoms with van der Waals surface area (Å²) >= 11 is 1.22. The van der Waals surface area contributed by atoms with Gasteiger partial charge in [0.2, 0.25) is 0 Å². The van der Waals surface area contributed by atoms with E-state index in [1.807, 2.05) is 6.92 Å². The van der Waals surface area contributed by atoms with Crippen LogP contribution in [-0.2, 0) is 23.6 Å². The molecule has 0 unspecified atom stereocenters. The Bertz CT molecular complexity index is 1010. The zero-order chi connectivity index (χ0) is 20.4. The molecule has 1 fully saturated rings. The molecule has 1 aliphatic rings. The topological polar surface area (TPSA) is 96.1 Å². The van der Waals surface area contributed by atoms with Crippen LogP contribution in [0.15, 0.2) is 14.6 Å². The molecule has 9 heteroatoms. The molecular formula is C19H26N4O4S. The SMILES string of the molecule is CCOC(=O)[C@@H](CC)Sc1nc(C2CCCC2)nc2c1c(=O)n(C)c(=O)n2C. The lowest BCUT2D eigenvalue weighted by Crippen LogP contribution is -2.38. The van der Waals surface area contributed by atoms with Gasteiger partial charge in [-0.2, -0.15) is 0 Å². The Morgan fingerprint density at radius 3 is 2.46 bits per heavy atom. The molecule has 28 heavy (non-hydrogen) atoms. The van der Waals surface area contributed by atoms with Crippen molar-refractivity contribution in [3.63, 3.8) is 0 Å². The minimum atomic E-state index is -0.476. The summed E-state index contributed by atoms with van der Waals surface area (Å²) in [7, 11) is 3.04. The van der Waals surface area contributed by atoms with E-state index in [1.54, 1.807) is 14.0 Å². The zero-order valence-corrected chi connectivity index (χ0v) is 17.5. The van der Waals surface area contributed by atoms with Crippen LogP contribution >= 0.6 is 11.8 Å². The lowest BCUT2D eigenvalue weighted by molar-refractivity contribution is -0.142. The van der Waals surface area contributed by atoms with E-state index >= 15 is 0 Å². The van der Waals surface area contributed by atoms with E-state index in [1.165, 1.54) is 23.4 Å². The van der Waals surface area contributed by atoms with Crippen molar-refractivity contribution in [2.45, 2.75) is 62.1 Å². The average Bonchev–Trinajstić information content (AvgIpc) is 3.23. The summed E-state index contributed by atoms with van der Waals surface area (Å²) in [5.74, 6) is 0.533. The molecule has 0 bridgehead atoms. The predicted octanol–water partition coefficient (Wildman–Crippen LogP) is 2.12. The summed E-state index contributed by atoms with van der Waals surface area (Å²) in [5.41, 5.74) is -0.551. The third kappa shape index (κ3) is 3.72. The number of ether oxygens (including phenoxy) is 1. The van der Waals surface area contributed by atoms with Gasteiger partial charge in [0.25, 0.3) is 5.56 Å². The van der Waals surface area contributed by atoms with Gasteiger partial charge in [0.1, 0.15) is 21.5 Å². The lowest BCUT2D eigenvalue weighted by Gasteiger charge is -2.17. The first-order chi connectivity index (χ1) is 13.4. The first kappa shape index (κ1) is 20.6. The van der Waals surface area contributed by atoms with Crippen molar-refractivity contribution in [2.24, 2.45) is 14.1 Å². The highest BCUT2D eigenvalue weighted by atomic mass is 32.2. The van der Waals surface area contributed by atoms with Crippen LogP contribution in [0.4, 0.5) is 0 Å². The summed E-state index contributed by atoms with van der Waals surface area (Å²) in [5, 5.41) is 0.249. The van der Waals surface area contributed by atoms with E-state index in [0.717, 1.165) is 30.3 Å². The van der Waals surface area contributed by atoms with E-state index in [-0.39, 0.29) is 17.3 Å². The van der Waals surface area contributed by atoms with Crippen molar-refractivity contribution in [2.75, 3.05) is 6.61 Å². The molecule has 3 rings (SSSR count). The Kier molecular flexibility index (Phi) is 6.22. The lowest BCUT2D eigenvalue weighted by atomic mass is 10.1. The number of rotatable bonds is 6. The molecule has 0 aliphatic heterocycles. The van der Waals surface area contributed by atoms with E-state index in [0.29, 0.717) is 29.5 Å². The van der Waals surface area contributed by atoms with Gasteiger partial charge >= 0.3 is 11.7 Å². The monoisotopic (exact) mass is 406 g/mol. The molecule has 1 saturated carbocycles. The number of carbonyl (C=O) groups is 1. The Hall–Kier alpha value is -2.16. The molecule has 2 aromatic heterocycles. The fourth-order valence-corrected chi connectivity index (χ4v) is 4.61. The third-order valence-corrected chi connectivity index (χ3v) is 6.51. The number of carbonyl (C=O) groups excluding carboxylic acids is 1. The number of hydrogen-bond donors (Lipinski definition) is 0. The summed E-state index contributed by atoms with van der Waals surface area (Å²) in [4.78, 5) is 46.9. The second kappa shape index (κ2) is 8.46. The van der Waals surface area contributed by atoms with Crippen molar-refractivity contribution in [1.29, 1.82) is 0 Å². The molecular weight excluding hydrogens is 380 g/mol. The fraction of sp³-hybridized carbons (Fsp3) is 0.632. The van der Waals surface area contributed by atoms with Crippen LogP contribution in [0.3, 0.4) is 0 Å². The quantitative estimate of drug-likeness (QED) is 0.412. The highest BCUT2D eigenvalue weighted by Crippen LogP contribution is 2.35. The molecule has 1 aliphatic carbocycles. The van der Waals surface area contributed by atoms with Gasteiger partial charge in [-0.1, -0.05) is 31.5 Å². The Morgan fingerprint density at radius 2 is 1.86 bits per heavy atom.